The second-order valence-corrected chi connectivity index (χ2v) is 5.22. The van der Waals surface area contributed by atoms with Gasteiger partial charge < -0.3 is 15.0 Å². The van der Waals surface area contributed by atoms with Gasteiger partial charge in [-0.15, -0.1) is 0 Å². The van der Waals surface area contributed by atoms with E-state index in [1.807, 2.05) is 29.1 Å². The normalized spacial score (nSPS) is 10.5. The summed E-state index contributed by atoms with van der Waals surface area (Å²) in [7, 11) is 0. The number of aromatic nitrogens is 3. The summed E-state index contributed by atoms with van der Waals surface area (Å²) in [6.07, 6.45) is 5.75. The SMILES string of the molecule is O=C(CCn1cccc1)Nc1cccc(-n2ccc(C(=O)O)n2)c1. The van der Waals surface area contributed by atoms with E-state index in [9.17, 15) is 9.59 Å². The van der Waals surface area contributed by atoms with E-state index in [0.717, 1.165) is 0 Å². The van der Waals surface area contributed by atoms with Crippen molar-refractivity contribution in [1.29, 1.82) is 0 Å². The zero-order chi connectivity index (χ0) is 16.9. The van der Waals surface area contributed by atoms with Gasteiger partial charge in [0.15, 0.2) is 5.69 Å². The highest BCUT2D eigenvalue weighted by atomic mass is 16.4. The largest absolute Gasteiger partial charge is 0.476 e. The standard InChI is InChI=1S/C17H16N4O3/c22-16(7-10-20-8-1-2-9-20)18-13-4-3-5-14(12-13)21-11-6-15(19-21)17(23)24/h1-6,8-9,11-12H,7,10H2,(H,18,22)(H,23,24). The molecule has 0 spiro atoms. The van der Waals surface area contributed by atoms with Crippen molar-refractivity contribution in [2.24, 2.45) is 0 Å². The fourth-order valence-corrected chi connectivity index (χ4v) is 2.28. The monoisotopic (exact) mass is 324 g/mol. The first-order valence-corrected chi connectivity index (χ1v) is 7.42. The fourth-order valence-electron chi connectivity index (χ4n) is 2.28. The maximum atomic E-state index is 12.0. The molecule has 7 nitrogen and oxygen atoms in total. The zero-order valence-electron chi connectivity index (χ0n) is 12.8. The molecular formula is C17H16N4O3. The lowest BCUT2D eigenvalue weighted by molar-refractivity contribution is -0.116. The van der Waals surface area contributed by atoms with Gasteiger partial charge in [0.2, 0.25) is 5.91 Å². The van der Waals surface area contributed by atoms with E-state index in [1.54, 1.807) is 30.5 Å². The van der Waals surface area contributed by atoms with Crippen LogP contribution in [-0.4, -0.2) is 31.3 Å². The fraction of sp³-hybridized carbons (Fsp3) is 0.118. The van der Waals surface area contributed by atoms with Crippen molar-refractivity contribution < 1.29 is 14.7 Å². The lowest BCUT2D eigenvalue weighted by Crippen LogP contribution is -2.14. The van der Waals surface area contributed by atoms with Crippen molar-refractivity contribution in [2.75, 3.05) is 5.32 Å². The minimum Gasteiger partial charge on any atom is -0.476 e. The van der Waals surface area contributed by atoms with E-state index in [0.29, 0.717) is 24.3 Å². The van der Waals surface area contributed by atoms with Gasteiger partial charge in [-0.25, -0.2) is 9.48 Å². The molecule has 7 heteroatoms. The van der Waals surface area contributed by atoms with Gasteiger partial charge in [-0.3, -0.25) is 4.79 Å². The Hall–Kier alpha value is -3.35. The van der Waals surface area contributed by atoms with Crippen LogP contribution in [0.3, 0.4) is 0 Å². The van der Waals surface area contributed by atoms with Crippen LogP contribution >= 0.6 is 0 Å². The molecule has 0 atom stereocenters. The highest BCUT2D eigenvalue weighted by molar-refractivity contribution is 5.91. The molecule has 0 fully saturated rings. The van der Waals surface area contributed by atoms with Gasteiger partial charge in [-0.1, -0.05) is 6.07 Å². The van der Waals surface area contributed by atoms with Gasteiger partial charge in [0.25, 0.3) is 0 Å². The predicted molar refractivity (Wildman–Crippen MR) is 88.2 cm³/mol. The molecule has 0 unspecified atom stereocenters. The first-order valence-electron chi connectivity index (χ1n) is 7.42. The molecule has 0 bridgehead atoms. The Labute approximate surface area is 138 Å². The number of anilines is 1. The number of hydrogen-bond donors (Lipinski definition) is 2. The third kappa shape index (κ3) is 3.70. The minimum atomic E-state index is -1.08. The molecule has 0 saturated heterocycles. The quantitative estimate of drug-likeness (QED) is 0.728. The van der Waals surface area contributed by atoms with Crippen molar-refractivity contribution in [3.8, 4) is 5.69 Å². The first kappa shape index (κ1) is 15.5. The third-order valence-corrected chi connectivity index (χ3v) is 3.47. The van der Waals surface area contributed by atoms with E-state index in [1.165, 1.54) is 10.7 Å². The number of hydrogen-bond acceptors (Lipinski definition) is 3. The number of amides is 1. The van der Waals surface area contributed by atoms with Crippen LogP contribution in [0, 0.1) is 0 Å². The summed E-state index contributed by atoms with van der Waals surface area (Å²) in [5.41, 5.74) is 1.28. The maximum Gasteiger partial charge on any atom is 0.356 e. The van der Waals surface area contributed by atoms with Crippen LogP contribution in [-0.2, 0) is 11.3 Å². The lowest BCUT2D eigenvalue weighted by Gasteiger charge is -2.08. The number of carbonyl (C=O) groups is 2. The average molecular weight is 324 g/mol. The topological polar surface area (TPSA) is 89.2 Å². The number of carboxylic acids is 1. The summed E-state index contributed by atoms with van der Waals surface area (Å²) in [5.74, 6) is -1.17. The van der Waals surface area contributed by atoms with Crippen LogP contribution in [0.1, 0.15) is 16.9 Å². The molecule has 2 heterocycles. The minimum absolute atomic E-state index is 0.0313. The number of rotatable bonds is 6. The number of nitrogens with zero attached hydrogens (tertiary/aromatic N) is 3. The number of nitrogens with one attached hydrogen (secondary N) is 1. The van der Waals surface area contributed by atoms with Crippen molar-refractivity contribution in [3.05, 3.63) is 66.7 Å². The summed E-state index contributed by atoms with van der Waals surface area (Å²) in [6, 6.07) is 12.3. The van der Waals surface area contributed by atoms with E-state index in [-0.39, 0.29) is 11.6 Å². The van der Waals surface area contributed by atoms with E-state index in [4.69, 9.17) is 5.11 Å². The number of aryl methyl sites for hydroxylation is 1. The molecule has 0 aliphatic rings. The van der Waals surface area contributed by atoms with Gasteiger partial charge in [0.05, 0.1) is 5.69 Å². The number of carboxylic acid groups (broad SMARTS) is 1. The first-order chi connectivity index (χ1) is 11.6. The third-order valence-electron chi connectivity index (χ3n) is 3.47. The smallest absolute Gasteiger partial charge is 0.356 e. The van der Waals surface area contributed by atoms with E-state index < -0.39 is 5.97 Å². The molecule has 122 valence electrons. The highest BCUT2D eigenvalue weighted by Crippen LogP contribution is 2.15. The average Bonchev–Trinajstić information content (AvgIpc) is 3.25. The molecule has 3 rings (SSSR count). The summed E-state index contributed by atoms with van der Waals surface area (Å²) >= 11 is 0. The zero-order valence-corrected chi connectivity index (χ0v) is 12.8. The van der Waals surface area contributed by atoms with Crippen molar-refractivity contribution >= 4 is 17.6 Å². The predicted octanol–water partition coefficient (Wildman–Crippen LogP) is 2.40. The van der Waals surface area contributed by atoms with Gasteiger partial charge in [0.1, 0.15) is 0 Å². The van der Waals surface area contributed by atoms with E-state index in [2.05, 4.69) is 10.4 Å². The Morgan fingerprint density at radius 2 is 1.88 bits per heavy atom. The Kier molecular flexibility index (Phi) is 4.42. The molecule has 1 aromatic carbocycles. The van der Waals surface area contributed by atoms with Crippen LogP contribution < -0.4 is 5.32 Å². The van der Waals surface area contributed by atoms with Crippen LogP contribution in [0.4, 0.5) is 5.69 Å². The lowest BCUT2D eigenvalue weighted by atomic mass is 10.2. The Balaban J connectivity index is 1.66. The van der Waals surface area contributed by atoms with Gasteiger partial charge in [-0.05, 0) is 36.4 Å². The van der Waals surface area contributed by atoms with Gasteiger partial charge in [0, 0.05) is 37.2 Å². The molecule has 1 amide bonds. The number of carbonyl (C=O) groups excluding carboxylic acids is 1. The molecule has 2 N–H and O–H groups in total. The van der Waals surface area contributed by atoms with Crippen LogP contribution in [0.5, 0.6) is 0 Å². The van der Waals surface area contributed by atoms with Crippen molar-refractivity contribution in [2.45, 2.75) is 13.0 Å². The van der Waals surface area contributed by atoms with Crippen molar-refractivity contribution in [1.82, 2.24) is 14.3 Å². The van der Waals surface area contributed by atoms with Gasteiger partial charge in [-0.2, -0.15) is 5.10 Å². The molecule has 0 radical (unpaired) electrons. The van der Waals surface area contributed by atoms with Crippen LogP contribution in [0.15, 0.2) is 61.1 Å². The second-order valence-electron chi connectivity index (χ2n) is 5.22. The molecule has 0 saturated carbocycles. The van der Waals surface area contributed by atoms with Crippen molar-refractivity contribution in [3.63, 3.8) is 0 Å². The Morgan fingerprint density at radius 1 is 1.08 bits per heavy atom. The molecule has 0 aliphatic carbocycles. The molecule has 3 aromatic rings. The van der Waals surface area contributed by atoms with Crippen LogP contribution in [0.2, 0.25) is 0 Å². The van der Waals surface area contributed by atoms with Gasteiger partial charge >= 0.3 is 5.97 Å². The number of aromatic carboxylic acids is 1. The Bertz CT molecular complexity index is 852. The molecule has 2 aromatic heterocycles. The Morgan fingerprint density at radius 3 is 2.58 bits per heavy atom. The van der Waals surface area contributed by atoms with Crippen LogP contribution in [0.25, 0.3) is 5.69 Å². The molecule has 0 aliphatic heterocycles. The molecular weight excluding hydrogens is 308 g/mol. The summed E-state index contributed by atoms with van der Waals surface area (Å²) in [5, 5.41) is 15.7. The summed E-state index contributed by atoms with van der Waals surface area (Å²) < 4.78 is 3.39. The van der Waals surface area contributed by atoms with E-state index >= 15 is 0 Å². The maximum absolute atomic E-state index is 12.0. The summed E-state index contributed by atoms with van der Waals surface area (Å²) in [6.45, 7) is 0.611. The summed E-state index contributed by atoms with van der Waals surface area (Å²) in [4.78, 5) is 22.9. The highest BCUT2D eigenvalue weighted by Gasteiger charge is 2.09. The second kappa shape index (κ2) is 6.82. The number of benzene rings is 1. The molecule has 24 heavy (non-hydrogen) atoms.